The van der Waals surface area contributed by atoms with Crippen LogP contribution in [0.4, 0.5) is 0 Å². The molecule has 0 spiro atoms. The van der Waals surface area contributed by atoms with Crippen molar-refractivity contribution in [2.24, 2.45) is 0 Å². The van der Waals surface area contributed by atoms with E-state index in [0.29, 0.717) is 26.1 Å². The zero-order chi connectivity index (χ0) is 18.0. The molecule has 132 valence electrons. The van der Waals surface area contributed by atoms with Gasteiger partial charge in [-0.1, -0.05) is 41.4 Å². The summed E-state index contributed by atoms with van der Waals surface area (Å²) >= 11 is 0. The number of benzene rings is 1. The van der Waals surface area contributed by atoms with Gasteiger partial charge in [-0.3, -0.25) is 9.59 Å². The lowest BCUT2D eigenvalue weighted by Crippen LogP contribution is -2.51. The largest absolute Gasteiger partial charge is 0.351 e. The highest BCUT2D eigenvalue weighted by Crippen LogP contribution is 2.15. The third-order valence-electron chi connectivity index (χ3n) is 4.39. The fourth-order valence-corrected chi connectivity index (χ4v) is 3.16. The molecule has 0 atom stereocenters. The van der Waals surface area contributed by atoms with Crippen LogP contribution in [0.25, 0.3) is 0 Å². The molecule has 1 aromatic carbocycles. The molecule has 0 aliphatic carbocycles. The molecule has 1 saturated heterocycles. The molecule has 2 amide bonds. The van der Waals surface area contributed by atoms with Crippen LogP contribution < -0.4 is 0 Å². The highest BCUT2D eigenvalue weighted by atomic mass is 16.5. The van der Waals surface area contributed by atoms with E-state index in [-0.39, 0.29) is 24.1 Å². The number of aromatic nitrogens is 1. The van der Waals surface area contributed by atoms with Crippen molar-refractivity contribution in [3.63, 3.8) is 0 Å². The van der Waals surface area contributed by atoms with Gasteiger partial charge in [0.15, 0.2) is 0 Å². The summed E-state index contributed by atoms with van der Waals surface area (Å²) < 4.78 is 5.09. The van der Waals surface area contributed by atoms with Crippen LogP contribution in [-0.4, -0.2) is 46.4 Å². The van der Waals surface area contributed by atoms with E-state index in [2.05, 4.69) is 37.2 Å². The average Bonchev–Trinajstić information content (AvgIpc) is 3.04. The van der Waals surface area contributed by atoms with Crippen LogP contribution >= 0.6 is 0 Å². The van der Waals surface area contributed by atoms with Crippen molar-refractivity contribution >= 4 is 11.8 Å². The fraction of sp³-hybridized carbons (Fsp3) is 0.421. The minimum atomic E-state index is -0.272. The van der Waals surface area contributed by atoms with Gasteiger partial charge in [0.2, 0.25) is 11.7 Å². The van der Waals surface area contributed by atoms with Crippen molar-refractivity contribution in [2.75, 3.05) is 19.6 Å². The van der Waals surface area contributed by atoms with Gasteiger partial charge >= 0.3 is 0 Å². The monoisotopic (exact) mass is 341 g/mol. The Kier molecular flexibility index (Phi) is 4.88. The topological polar surface area (TPSA) is 66.7 Å². The first-order valence-electron chi connectivity index (χ1n) is 8.56. The molecular formula is C19H23N3O3. The Morgan fingerprint density at radius 1 is 1.16 bits per heavy atom. The van der Waals surface area contributed by atoms with Crippen LogP contribution in [0.3, 0.4) is 0 Å². The maximum absolute atomic E-state index is 12.5. The lowest BCUT2D eigenvalue weighted by Gasteiger charge is -2.34. The lowest BCUT2D eigenvalue weighted by molar-refractivity contribution is -0.135. The first kappa shape index (κ1) is 17.2. The van der Waals surface area contributed by atoms with E-state index in [4.69, 9.17) is 4.52 Å². The van der Waals surface area contributed by atoms with E-state index in [1.165, 1.54) is 16.0 Å². The van der Waals surface area contributed by atoms with E-state index in [0.717, 1.165) is 11.3 Å². The second-order valence-corrected chi connectivity index (χ2v) is 6.57. The molecule has 1 fully saturated rings. The Morgan fingerprint density at radius 3 is 2.48 bits per heavy atom. The maximum atomic E-state index is 12.5. The van der Waals surface area contributed by atoms with Crippen molar-refractivity contribution in [1.82, 2.24) is 15.0 Å². The SMILES string of the molecule is CCc1cc(C(=O)N2CCN(Cc3cc(C)cc(C)c3)C(=O)C2)on1. The van der Waals surface area contributed by atoms with E-state index < -0.39 is 0 Å². The summed E-state index contributed by atoms with van der Waals surface area (Å²) in [7, 11) is 0. The van der Waals surface area contributed by atoms with E-state index in [9.17, 15) is 9.59 Å². The summed E-state index contributed by atoms with van der Waals surface area (Å²) in [6, 6.07) is 7.95. The predicted octanol–water partition coefficient (Wildman–Crippen LogP) is 2.34. The van der Waals surface area contributed by atoms with Crippen molar-refractivity contribution in [3.05, 3.63) is 52.4 Å². The van der Waals surface area contributed by atoms with Crippen LogP contribution in [0.2, 0.25) is 0 Å². The van der Waals surface area contributed by atoms with Crippen molar-refractivity contribution in [1.29, 1.82) is 0 Å². The number of carbonyl (C=O) groups excluding carboxylic acids is 2. The van der Waals surface area contributed by atoms with Crippen LogP contribution in [0.1, 0.15) is 39.9 Å². The second-order valence-electron chi connectivity index (χ2n) is 6.57. The number of aryl methyl sites for hydroxylation is 3. The number of rotatable bonds is 4. The van der Waals surface area contributed by atoms with Gasteiger partial charge in [-0.25, -0.2) is 0 Å². The second kappa shape index (κ2) is 7.09. The van der Waals surface area contributed by atoms with Gasteiger partial charge in [-0.05, 0) is 25.8 Å². The zero-order valence-electron chi connectivity index (χ0n) is 14.9. The summed E-state index contributed by atoms with van der Waals surface area (Å²) in [5.41, 5.74) is 4.23. The Labute approximate surface area is 147 Å². The third kappa shape index (κ3) is 3.90. The van der Waals surface area contributed by atoms with Gasteiger partial charge in [0.25, 0.3) is 5.91 Å². The van der Waals surface area contributed by atoms with Gasteiger partial charge in [0.1, 0.15) is 6.54 Å². The molecule has 6 heteroatoms. The number of piperazine rings is 1. The molecule has 3 rings (SSSR count). The quantitative estimate of drug-likeness (QED) is 0.856. The highest BCUT2D eigenvalue weighted by Gasteiger charge is 2.29. The minimum Gasteiger partial charge on any atom is -0.351 e. The van der Waals surface area contributed by atoms with Crippen LogP contribution in [0.5, 0.6) is 0 Å². The van der Waals surface area contributed by atoms with Gasteiger partial charge in [0.05, 0.1) is 5.69 Å². The fourth-order valence-electron chi connectivity index (χ4n) is 3.16. The number of hydrogen-bond acceptors (Lipinski definition) is 4. The van der Waals surface area contributed by atoms with Gasteiger partial charge in [0, 0.05) is 25.7 Å². The van der Waals surface area contributed by atoms with E-state index in [1.54, 1.807) is 11.0 Å². The van der Waals surface area contributed by atoms with Crippen LogP contribution in [-0.2, 0) is 17.8 Å². The maximum Gasteiger partial charge on any atom is 0.293 e. The normalized spacial score (nSPS) is 14.9. The predicted molar refractivity (Wildman–Crippen MR) is 93.1 cm³/mol. The van der Waals surface area contributed by atoms with E-state index in [1.807, 2.05) is 6.92 Å². The van der Waals surface area contributed by atoms with Crippen LogP contribution in [0, 0.1) is 13.8 Å². The van der Waals surface area contributed by atoms with E-state index >= 15 is 0 Å². The Bertz CT molecular complexity index is 777. The van der Waals surface area contributed by atoms with Gasteiger partial charge in [-0.2, -0.15) is 0 Å². The summed E-state index contributed by atoms with van der Waals surface area (Å²) in [6.07, 6.45) is 0.708. The Morgan fingerprint density at radius 2 is 1.88 bits per heavy atom. The molecule has 1 aliphatic rings. The first-order valence-corrected chi connectivity index (χ1v) is 8.56. The summed E-state index contributed by atoms with van der Waals surface area (Å²) in [5, 5.41) is 3.84. The first-order chi connectivity index (χ1) is 12.0. The zero-order valence-corrected chi connectivity index (χ0v) is 14.9. The minimum absolute atomic E-state index is 0.0472. The summed E-state index contributed by atoms with van der Waals surface area (Å²) in [6.45, 7) is 7.72. The molecule has 25 heavy (non-hydrogen) atoms. The molecule has 0 unspecified atom stereocenters. The van der Waals surface area contributed by atoms with Crippen molar-refractivity contribution in [2.45, 2.75) is 33.7 Å². The molecule has 1 aliphatic heterocycles. The Hall–Kier alpha value is -2.63. The molecule has 0 N–H and O–H groups in total. The Balaban J connectivity index is 1.64. The van der Waals surface area contributed by atoms with Crippen molar-refractivity contribution < 1.29 is 14.1 Å². The highest BCUT2D eigenvalue weighted by molar-refractivity contribution is 5.94. The molecular weight excluding hydrogens is 318 g/mol. The molecule has 1 aromatic heterocycles. The number of nitrogens with zero attached hydrogens (tertiary/aromatic N) is 3. The van der Waals surface area contributed by atoms with Crippen LogP contribution in [0.15, 0.2) is 28.8 Å². The van der Waals surface area contributed by atoms with Gasteiger partial charge in [-0.15, -0.1) is 0 Å². The lowest BCUT2D eigenvalue weighted by atomic mass is 10.1. The number of hydrogen-bond donors (Lipinski definition) is 0. The molecule has 0 bridgehead atoms. The smallest absolute Gasteiger partial charge is 0.293 e. The average molecular weight is 341 g/mol. The molecule has 2 aromatic rings. The molecule has 6 nitrogen and oxygen atoms in total. The molecule has 0 saturated carbocycles. The summed E-state index contributed by atoms with van der Waals surface area (Å²) in [5.74, 6) is -0.118. The third-order valence-corrected chi connectivity index (χ3v) is 4.39. The molecule has 2 heterocycles. The number of amides is 2. The van der Waals surface area contributed by atoms with Gasteiger partial charge < -0.3 is 14.3 Å². The summed E-state index contributed by atoms with van der Waals surface area (Å²) in [4.78, 5) is 28.2. The van der Waals surface area contributed by atoms with Crippen molar-refractivity contribution in [3.8, 4) is 0 Å². The number of carbonyl (C=O) groups is 2. The standard InChI is InChI=1S/C19H23N3O3/c1-4-16-10-17(25-20-16)19(24)22-6-5-21(18(23)12-22)11-15-8-13(2)7-14(3)9-15/h7-10H,4-6,11-12H2,1-3H3. The molecule has 0 radical (unpaired) electrons.